The number of benzene rings is 1. The third kappa shape index (κ3) is 2.58. The largest absolute Gasteiger partial charge is 0.396 e. The van der Waals surface area contributed by atoms with Crippen LogP contribution in [0, 0.1) is 6.92 Å². The van der Waals surface area contributed by atoms with Crippen molar-refractivity contribution in [1.29, 1.82) is 0 Å². The number of hydrogen-bond donors (Lipinski definition) is 1. The van der Waals surface area contributed by atoms with Gasteiger partial charge in [0.25, 0.3) is 0 Å². The molecule has 0 aliphatic carbocycles. The van der Waals surface area contributed by atoms with Gasteiger partial charge in [0.05, 0.1) is 12.3 Å². The van der Waals surface area contributed by atoms with Crippen molar-refractivity contribution in [1.82, 2.24) is 9.55 Å². The van der Waals surface area contributed by atoms with Crippen LogP contribution in [0.15, 0.2) is 28.9 Å². The summed E-state index contributed by atoms with van der Waals surface area (Å²) in [6.07, 6.45) is 2.59. The van der Waals surface area contributed by atoms with Crippen molar-refractivity contribution in [2.75, 3.05) is 6.61 Å². The first kappa shape index (κ1) is 12.3. The fraction of sp³-hybridized carbons (Fsp3) is 0.308. The fourth-order valence-electron chi connectivity index (χ4n) is 1.84. The van der Waals surface area contributed by atoms with Gasteiger partial charge in [-0.3, -0.25) is 0 Å². The van der Waals surface area contributed by atoms with Crippen LogP contribution in [0.2, 0.25) is 0 Å². The highest BCUT2D eigenvalue weighted by molar-refractivity contribution is 9.10. The minimum Gasteiger partial charge on any atom is -0.396 e. The van der Waals surface area contributed by atoms with Gasteiger partial charge in [-0.25, -0.2) is 4.98 Å². The second-order valence-corrected chi connectivity index (χ2v) is 5.00. The van der Waals surface area contributed by atoms with E-state index in [1.165, 1.54) is 5.56 Å². The summed E-state index contributed by atoms with van der Waals surface area (Å²) in [5, 5.41) is 8.96. The van der Waals surface area contributed by atoms with Gasteiger partial charge in [-0.15, -0.1) is 0 Å². The first-order valence-corrected chi connectivity index (χ1v) is 6.30. The Labute approximate surface area is 109 Å². The van der Waals surface area contributed by atoms with Crippen LogP contribution in [0.25, 0.3) is 11.3 Å². The van der Waals surface area contributed by atoms with Gasteiger partial charge in [-0.1, -0.05) is 22.0 Å². The monoisotopic (exact) mass is 294 g/mol. The molecular weight excluding hydrogens is 280 g/mol. The van der Waals surface area contributed by atoms with Gasteiger partial charge in [-0.05, 0) is 24.6 Å². The second kappa shape index (κ2) is 5.02. The normalized spacial score (nSPS) is 10.8. The van der Waals surface area contributed by atoms with Crippen molar-refractivity contribution in [3.05, 3.63) is 40.3 Å². The van der Waals surface area contributed by atoms with E-state index in [0.717, 1.165) is 21.6 Å². The number of imidazole rings is 1. The molecule has 0 fully saturated rings. The maximum absolute atomic E-state index is 8.96. The lowest BCUT2D eigenvalue weighted by Gasteiger charge is -2.02. The van der Waals surface area contributed by atoms with Crippen molar-refractivity contribution in [2.24, 2.45) is 7.05 Å². The number of rotatable bonds is 3. The molecule has 0 unspecified atom stereocenters. The summed E-state index contributed by atoms with van der Waals surface area (Å²) in [6.45, 7) is 2.20. The Balaban J connectivity index is 2.45. The lowest BCUT2D eigenvalue weighted by molar-refractivity contribution is 0.295. The number of halogens is 1. The summed E-state index contributed by atoms with van der Waals surface area (Å²) in [5.41, 5.74) is 3.27. The van der Waals surface area contributed by atoms with Gasteiger partial charge < -0.3 is 9.67 Å². The summed E-state index contributed by atoms with van der Waals surface area (Å²) < 4.78 is 3.01. The van der Waals surface area contributed by atoms with E-state index in [4.69, 9.17) is 5.11 Å². The standard InChI is InChI=1S/C13H15BrN2O/c1-9-3-4-10(14)7-11(9)12-8-16(2)13(15-12)5-6-17/h3-4,7-8,17H,5-6H2,1-2H3. The van der Waals surface area contributed by atoms with Crippen LogP contribution in [0.4, 0.5) is 0 Å². The Bertz CT molecular complexity index is 534. The molecule has 2 rings (SSSR count). The van der Waals surface area contributed by atoms with Crippen molar-refractivity contribution < 1.29 is 5.11 Å². The summed E-state index contributed by atoms with van der Waals surface area (Å²) >= 11 is 3.48. The average Bonchev–Trinajstić information content (AvgIpc) is 2.64. The Hall–Kier alpha value is -1.13. The maximum Gasteiger partial charge on any atom is 0.111 e. The third-order valence-electron chi connectivity index (χ3n) is 2.78. The van der Waals surface area contributed by atoms with E-state index in [1.54, 1.807) is 0 Å². The minimum absolute atomic E-state index is 0.127. The second-order valence-electron chi connectivity index (χ2n) is 4.09. The highest BCUT2D eigenvalue weighted by atomic mass is 79.9. The molecule has 0 bridgehead atoms. The molecule has 1 aromatic heterocycles. The third-order valence-corrected chi connectivity index (χ3v) is 3.28. The molecule has 3 nitrogen and oxygen atoms in total. The molecule has 90 valence electrons. The van der Waals surface area contributed by atoms with Gasteiger partial charge in [0, 0.05) is 29.7 Å². The van der Waals surface area contributed by atoms with Crippen LogP contribution in [-0.2, 0) is 13.5 Å². The molecule has 0 saturated heterocycles. The van der Waals surface area contributed by atoms with Crippen LogP contribution in [0.3, 0.4) is 0 Å². The number of nitrogens with zero attached hydrogens (tertiary/aromatic N) is 2. The number of aryl methyl sites for hydroxylation is 2. The molecule has 2 aromatic rings. The highest BCUT2D eigenvalue weighted by Gasteiger charge is 2.09. The lowest BCUT2D eigenvalue weighted by Crippen LogP contribution is -1.99. The molecule has 17 heavy (non-hydrogen) atoms. The Morgan fingerprint density at radius 1 is 1.41 bits per heavy atom. The molecule has 0 atom stereocenters. The van der Waals surface area contributed by atoms with Crippen LogP contribution < -0.4 is 0 Å². The maximum atomic E-state index is 8.96. The van der Waals surface area contributed by atoms with Crippen LogP contribution in [0.5, 0.6) is 0 Å². The topological polar surface area (TPSA) is 38.0 Å². The van der Waals surface area contributed by atoms with Crippen molar-refractivity contribution >= 4 is 15.9 Å². The molecule has 0 spiro atoms. The van der Waals surface area contributed by atoms with Crippen molar-refractivity contribution in [3.8, 4) is 11.3 Å². The summed E-state index contributed by atoms with van der Waals surface area (Å²) in [4.78, 5) is 4.55. The molecule has 1 heterocycles. The molecule has 1 N–H and O–H groups in total. The summed E-state index contributed by atoms with van der Waals surface area (Å²) in [5.74, 6) is 0.905. The van der Waals surface area contributed by atoms with Crippen LogP contribution >= 0.6 is 15.9 Å². The molecule has 0 amide bonds. The number of aliphatic hydroxyl groups is 1. The van der Waals surface area contributed by atoms with E-state index in [1.807, 2.05) is 23.9 Å². The molecular formula is C13H15BrN2O. The minimum atomic E-state index is 0.127. The summed E-state index contributed by atoms with van der Waals surface area (Å²) in [6, 6.07) is 6.16. The summed E-state index contributed by atoms with van der Waals surface area (Å²) in [7, 11) is 1.95. The van der Waals surface area contributed by atoms with Gasteiger partial charge in [0.1, 0.15) is 5.82 Å². The first-order valence-electron chi connectivity index (χ1n) is 5.51. The zero-order chi connectivity index (χ0) is 12.4. The quantitative estimate of drug-likeness (QED) is 0.945. The van der Waals surface area contributed by atoms with Gasteiger partial charge >= 0.3 is 0 Å². The fourth-order valence-corrected chi connectivity index (χ4v) is 2.20. The highest BCUT2D eigenvalue weighted by Crippen LogP contribution is 2.26. The first-order chi connectivity index (χ1) is 8.11. The Morgan fingerprint density at radius 3 is 2.88 bits per heavy atom. The lowest BCUT2D eigenvalue weighted by atomic mass is 10.1. The molecule has 0 aliphatic rings. The van der Waals surface area contributed by atoms with E-state index < -0.39 is 0 Å². The predicted molar refractivity (Wildman–Crippen MR) is 71.9 cm³/mol. The Kier molecular flexibility index (Phi) is 3.64. The zero-order valence-electron chi connectivity index (χ0n) is 9.94. The van der Waals surface area contributed by atoms with Gasteiger partial charge in [-0.2, -0.15) is 0 Å². The van der Waals surface area contributed by atoms with E-state index in [2.05, 4.69) is 40.0 Å². The SMILES string of the molecule is Cc1ccc(Br)cc1-c1cn(C)c(CCO)n1. The number of aliphatic hydroxyl groups excluding tert-OH is 1. The van der Waals surface area contributed by atoms with E-state index >= 15 is 0 Å². The van der Waals surface area contributed by atoms with Crippen molar-refractivity contribution in [3.63, 3.8) is 0 Å². The van der Waals surface area contributed by atoms with E-state index in [9.17, 15) is 0 Å². The smallest absolute Gasteiger partial charge is 0.111 e. The number of aromatic nitrogens is 2. The number of hydrogen-bond acceptors (Lipinski definition) is 2. The molecule has 0 aliphatic heterocycles. The van der Waals surface area contributed by atoms with Crippen molar-refractivity contribution in [2.45, 2.75) is 13.3 Å². The van der Waals surface area contributed by atoms with Crippen LogP contribution in [0.1, 0.15) is 11.4 Å². The van der Waals surface area contributed by atoms with E-state index in [0.29, 0.717) is 6.42 Å². The molecule has 0 radical (unpaired) electrons. The molecule has 0 saturated carbocycles. The average molecular weight is 295 g/mol. The van der Waals surface area contributed by atoms with Gasteiger partial charge in [0.15, 0.2) is 0 Å². The zero-order valence-corrected chi connectivity index (χ0v) is 11.5. The van der Waals surface area contributed by atoms with Gasteiger partial charge in [0.2, 0.25) is 0 Å². The predicted octanol–water partition coefficient (Wildman–Crippen LogP) is 2.69. The molecule has 4 heteroatoms. The molecule has 1 aromatic carbocycles. The van der Waals surface area contributed by atoms with Crippen LogP contribution in [-0.4, -0.2) is 21.3 Å². The van der Waals surface area contributed by atoms with E-state index in [-0.39, 0.29) is 6.61 Å². The Morgan fingerprint density at radius 2 is 2.18 bits per heavy atom.